The fraction of sp³-hybridized carbons (Fsp3) is 0.191. The number of hydrogen-bond donors (Lipinski definition) is 12. The second-order valence-electron chi connectivity index (χ2n) is 28.0. The van der Waals surface area contributed by atoms with E-state index in [1.54, 1.807) is 121 Å². The topological polar surface area (TPSA) is 455 Å². The quantitative estimate of drug-likeness (QED) is 0.0106. The molecule has 0 spiro atoms. The molecule has 29 nitrogen and oxygen atoms in total. The molecule has 13 rings (SSSR count). The molecule has 0 bridgehead atoms. The number of carbonyl (C=O) groups is 9. The normalized spacial score (nSPS) is 10.5. The number of esters is 1. The Morgan fingerprint density at radius 2 is 0.911 bits per heavy atom. The summed E-state index contributed by atoms with van der Waals surface area (Å²) in [5, 5.41) is 70.2. The van der Waals surface area contributed by atoms with Crippen LogP contribution in [0.1, 0.15) is 125 Å². The van der Waals surface area contributed by atoms with Gasteiger partial charge in [-0.15, -0.1) is 0 Å². The van der Waals surface area contributed by atoms with Gasteiger partial charge in [-0.3, -0.25) is 47.9 Å². The van der Waals surface area contributed by atoms with E-state index < -0.39 is 41.2 Å². The number of fused-ring (bicyclic) bond motifs is 3. The molecule has 10 aromatic carbocycles. The number of phenols is 1. The molecular formula is C94H91N9O20. The van der Waals surface area contributed by atoms with Crippen molar-refractivity contribution in [1.82, 2.24) is 19.5 Å². The predicted octanol–water partition coefficient (Wildman–Crippen LogP) is 16.0. The lowest BCUT2D eigenvalue weighted by atomic mass is 10.1. The molecule has 3 amide bonds. The minimum absolute atomic E-state index is 0.0376. The Kier molecular flexibility index (Phi) is 34.5. The van der Waals surface area contributed by atoms with Crippen molar-refractivity contribution in [2.45, 2.75) is 110 Å². The number of unbranched alkanes of at least 4 members (excludes halogenated alkanes) is 1. The smallest absolute Gasteiger partial charge is 0.338 e. The van der Waals surface area contributed by atoms with Crippen LogP contribution in [-0.4, -0.2) is 111 Å². The van der Waals surface area contributed by atoms with Crippen LogP contribution in [0.25, 0.3) is 38.5 Å². The average molecular weight is 1670 g/mol. The van der Waals surface area contributed by atoms with E-state index >= 15 is 0 Å². The van der Waals surface area contributed by atoms with Gasteiger partial charge in [-0.25, -0.2) is 24.1 Å². The summed E-state index contributed by atoms with van der Waals surface area (Å²) in [5.74, 6) is -4.68. The fourth-order valence-electron chi connectivity index (χ4n) is 12.5. The molecule has 12 N–H and O–H groups in total. The van der Waals surface area contributed by atoms with Crippen LogP contribution in [0.4, 0.5) is 39.9 Å². The maximum absolute atomic E-state index is 12.7. The van der Waals surface area contributed by atoms with E-state index in [0.29, 0.717) is 102 Å². The molecule has 29 heteroatoms. The van der Waals surface area contributed by atoms with E-state index in [1.165, 1.54) is 25.6 Å². The number of aliphatic carboxylic acids is 5. The van der Waals surface area contributed by atoms with Crippen LogP contribution in [0, 0.1) is 6.92 Å². The molecule has 3 heterocycles. The summed E-state index contributed by atoms with van der Waals surface area (Å²) in [6.45, 7) is 1.84. The standard InChI is InChI=1S/C24H28N2O6.C19H17NO4.C17H15N3O2.C17H14N2O4.C17H17NO4/c1-32-23(30)12-5-4-10-21(27)26-20-9-3-2-8-19(20)24(31)25-18-15-13-17(14-16-18)7-6-11-22(28)29;21-18(22)7-3-4-13-8-10-14(11-9-13)20-16-12-19(23)24-17-6-2-1-5-15(16)17;21-16(22)10-7-12-5-8-13(9-6-12)20-17-14-3-1-2-4-15(14)18-11-19-17;20-15(21)10-7-11-5-8-12(9-6-11)19-16(22)13-3-1-2-4-14(13)18-17(19)23;1-11-10-12(7-9-16(20)21)6-8-14(11)18-17(22)13-4-2-3-5-15(13)19/h2-3,8-9,13-16H,4-7,10-12H2,1H3,(H,25,31)(H,26,27)(H,28,29);1-2,5-6,8-12,20H,3-4,7H2,(H,21,22);1-6,8-9,11H,7,10H2,(H,21,22)(H,18,19,20);1-6,8-9H,7,10H2,(H,18,23)(H,20,21);2-6,8,10,19H,7,9H2,1H3,(H,18,22)(H,20,21). The van der Waals surface area contributed by atoms with Crippen LogP contribution in [0.15, 0.2) is 268 Å². The van der Waals surface area contributed by atoms with Gasteiger partial charge in [-0.2, -0.15) is 0 Å². The van der Waals surface area contributed by atoms with E-state index in [1.807, 2.05) is 116 Å². The number of anilines is 7. The van der Waals surface area contributed by atoms with Crippen molar-refractivity contribution in [2.24, 2.45) is 0 Å². The number of hydrogen-bond acceptors (Lipinski definition) is 19. The minimum Gasteiger partial charge on any atom is -0.507 e. The first-order valence-corrected chi connectivity index (χ1v) is 39.2. The molecule has 3 aromatic heterocycles. The van der Waals surface area contributed by atoms with Gasteiger partial charge in [-0.1, -0.05) is 121 Å². The molecule has 0 saturated heterocycles. The highest BCUT2D eigenvalue weighted by molar-refractivity contribution is 6.10. The number of nitrogens with zero attached hydrogens (tertiary/aromatic N) is 3. The van der Waals surface area contributed by atoms with E-state index in [-0.39, 0.29) is 85.5 Å². The highest BCUT2D eigenvalue weighted by Crippen LogP contribution is 2.28. The number of carbonyl (C=O) groups excluding carboxylic acids is 4. The molecule has 0 saturated carbocycles. The van der Waals surface area contributed by atoms with Gasteiger partial charge in [-0.05, 0) is 213 Å². The van der Waals surface area contributed by atoms with Gasteiger partial charge < -0.3 is 71.4 Å². The Morgan fingerprint density at radius 3 is 1.50 bits per heavy atom. The van der Waals surface area contributed by atoms with Crippen LogP contribution in [0.3, 0.4) is 0 Å². The summed E-state index contributed by atoms with van der Waals surface area (Å²) in [7, 11) is 1.33. The van der Waals surface area contributed by atoms with Crippen molar-refractivity contribution >= 4 is 126 Å². The van der Waals surface area contributed by atoms with Gasteiger partial charge >= 0.3 is 47.1 Å². The van der Waals surface area contributed by atoms with Gasteiger partial charge in [0.15, 0.2) is 0 Å². The van der Waals surface area contributed by atoms with Crippen molar-refractivity contribution in [2.75, 3.05) is 33.7 Å². The number of amides is 3. The van der Waals surface area contributed by atoms with Gasteiger partial charge in [0.25, 0.3) is 17.4 Å². The number of para-hydroxylation sites is 5. The number of carboxylic acids is 5. The van der Waals surface area contributed by atoms with Crippen LogP contribution in [0.5, 0.6) is 5.75 Å². The number of nitrogens with one attached hydrogen (secondary N) is 6. The Labute approximate surface area is 704 Å². The van der Waals surface area contributed by atoms with E-state index in [9.17, 15) is 62.6 Å². The van der Waals surface area contributed by atoms with E-state index in [4.69, 9.17) is 29.9 Å². The maximum Gasteiger partial charge on any atom is 0.338 e. The lowest BCUT2D eigenvalue weighted by molar-refractivity contribution is -0.141. The number of aromatic nitrogens is 4. The number of aromatic amines is 1. The lowest BCUT2D eigenvalue weighted by Crippen LogP contribution is -2.33. The number of ether oxygens (including phenoxy) is 1. The third kappa shape index (κ3) is 29.4. The third-order valence-corrected chi connectivity index (χ3v) is 18.8. The van der Waals surface area contributed by atoms with Crippen molar-refractivity contribution < 1.29 is 82.9 Å². The first-order valence-electron chi connectivity index (χ1n) is 39.2. The van der Waals surface area contributed by atoms with Crippen molar-refractivity contribution in [3.63, 3.8) is 0 Å². The average Bonchev–Trinajstić information content (AvgIpc) is 0.782. The maximum atomic E-state index is 12.7. The summed E-state index contributed by atoms with van der Waals surface area (Å²) in [5.41, 5.74) is 11.4. The number of aromatic hydroxyl groups is 1. The van der Waals surface area contributed by atoms with Crippen LogP contribution in [0.2, 0.25) is 0 Å². The van der Waals surface area contributed by atoms with Crippen molar-refractivity contribution in [1.29, 1.82) is 0 Å². The van der Waals surface area contributed by atoms with Crippen molar-refractivity contribution in [3.05, 3.63) is 325 Å². The molecule has 0 unspecified atom stereocenters. The summed E-state index contributed by atoms with van der Waals surface area (Å²) >= 11 is 0. The molecule has 123 heavy (non-hydrogen) atoms. The van der Waals surface area contributed by atoms with Gasteiger partial charge in [0, 0.05) is 84.5 Å². The number of rotatable bonds is 32. The Morgan fingerprint density at radius 1 is 0.423 bits per heavy atom. The summed E-state index contributed by atoms with van der Waals surface area (Å²) in [6.07, 6.45) is 7.59. The number of aryl methyl sites for hydroxylation is 6. The molecule has 0 aliphatic heterocycles. The number of carboxylic acid groups (broad SMARTS) is 5. The van der Waals surface area contributed by atoms with Crippen LogP contribution in [-0.2, 0) is 70.4 Å². The highest BCUT2D eigenvalue weighted by atomic mass is 16.5. The van der Waals surface area contributed by atoms with Crippen LogP contribution < -0.4 is 43.5 Å². The molecule has 632 valence electrons. The molecule has 0 atom stereocenters. The number of methoxy groups -OCH3 is 1. The predicted molar refractivity (Wildman–Crippen MR) is 468 cm³/mol. The number of H-pyrrole nitrogens is 1. The molecule has 0 aliphatic rings. The largest absolute Gasteiger partial charge is 0.507 e. The second-order valence-corrected chi connectivity index (χ2v) is 28.0. The zero-order chi connectivity index (χ0) is 88.2. The number of benzene rings is 10. The van der Waals surface area contributed by atoms with E-state index in [2.05, 4.69) is 46.3 Å². The molecule has 0 radical (unpaired) electrons. The Bertz CT molecular complexity index is 6050. The van der Waals surface area contributed by atoms with Gasteiger partial charge in [0.05, 0.1) is 51.7 Å². The minimum atomic E-state index is -0.865. The van der Waals surface area contributed by atoms with Gasteiger partial charge in [0.2, 0.25) is 5.91 Å². The first kappa shape index (κ1) is 91.2. The second kappa shape index (κ2) is 46.5. The Balaban J connectivity index is 0.000000176. The summed E-state index contributed by atoms with van der Waals surface area (Å²) in [4.78, 5) is 149. The zero-order valence-electron chi connectivity index (χ0n) is 67.2. The third-order valence-electron chi connectivity index (χ3n) is 18.8. The Hall–Kier alpha value is -15.7. The summed E-state index contributed by atoms with van der Waals surface area (Å²) in [6, 6.07) is 71.2. The van der Waals surface area contributed by atoms with E-state index in [0.717, 1.165) is 77.9 Å². The number of phenolic OH excluding ortho intramolecular Hbond substituents is 1. The SMILES string of the molecule is COC(=O)CCCCC(=O)Nc1ccccc1C(=O)Nc1ccc(CCCC(=O)O)cc1.Cc1cc(CCC(=O)O)ccc1NC(=O)c1ccccc1O.O=C(O)CCCc1ccc(Nc2cc(=O)oc3ccccc23)cc1.O=C(O)CCc1ccc(-n2c(=O)[nH]c3ccccc3c2=O)cc1.O=C(O)CCc1ccc(Nc2ncnc3ccccc23)cc1. The molecule has 0 fully saturated rings. The fourth-order valence-corrected chi connectivity index (χ4v) is 12.5. The lowest BCUT2D eigenvalue weighted by Gasteiger charge is -2.12. The molecule has 13 aromatic rings. The molecule has 0 aliphatic carbocycles. The summed E-state index contributed by atoms with van der Waals surface area (Å²) < 4.78 is 10.8. The highest BCUT2D eigenvalue weighted by Gasteiger charge is 2.18. The zero-order valence-corrected chi connectivity index (χ0v) is 67.2. The van der Waals surface area contributed by atoms with Crippen LogP contribution >= 0.6 is 0 Å². The molecular weight excluding hydrogens is 1580 g/mol. The van der Waals surface area contributed by atoms with Crippen molar-refractivity contribution in [3.8, 4) is 11.4 Å². The first-order chi connectivity index (χ1) is 59.2. The van der Waals surface area contributed by atoms with Gasteiger partial charge in [0.1, 0.15) is 23.5 Å². The monoisotopic (exact) mass is 1670 g/mol.